The van der Waals surface area contributed by atoms with Gasteiger partial charge in [0.25, 0.3) is 5.69 Å². The van der Waals surface area contributed by atoms with Crippen LogP contribution in [-0.4, -0.2) is 42.3 Å². The second-order valence-electron chi connectivity index (χ2n) is 9.55. The van der Waals surface area contributed by atoms with Gasteiger partial charge in [-0.1, -0.05) is 43.0 Å². The summed E-state index contributed by atoms with van der Waals surface area (Å²) in [6.45, 7) is 3.48. The summed E-state index contributed by atoms with van der Waals surface area (Å²) in [6, 6.07) is 16.2. The maximum atomic E-state index is 13.1. The molecule has 2 aromatic carbocycles. The monoisotopic (exact) mass is 564 g/mol. The number of aryl methyl sites for hydroxylation is 2. The summed E-state index contributed by atoms with van der Waals surface area (Å²) in [7, 11) is -3.75. The van der Waals surface area contributed by atoms with Gasteiger partial charge in [0, 0.05) is 36.6 Å². The first-order chi connectivity index (χ1) is 19.0. The van der Waals surface area contributed by atoms with Gasteiger partial charge in [-0.2, -0.15) is 0 Å². The van der Waals surface area contributed by atoms with Crippen molar-refractivity contribution in [2.75, 3.05) is 12.3 Å². The Kier molecular flexibility index (Phi) is 10.7. The van der Waals surface area contributed by atoms with E-state index in [1.807, 2.05) is 24.3 Å². The molecular formula is C29H32N4O6S. The van der Waals surface area contributed by atoms with Gasteiger partial charge in [0.1, 0.15) is 0 Å². The molecule has 210 valence electrons. The summed E-state index contributed by atoms with van der Waals surface area (Å²) in [5, 5.41) is 13.5. The van der Waals surface area contributed by atoms with Crippen LogP contribution in [0, 0.1) is 16.0 Å². The van der Waals surface area contributed by atoms with E-state index in [2.05, 4.69) is 16.9 Å². The van der Waals surface area contributed by atoms with Crippen LogP contribution in [0.3, 0.4) is 0 Å². The van der Waals surface area contributed by atoms with Gasteiger partial charge in [-0.05, 0) is 53.6 Å². The Morgan fingerprint density at radius 1 is 0.950 bits per heavy atom. The van der Waals surface area contributed by atoms with E-state index in [0.29, 0.717) is 24.1 Å². The van der Waals surface area contributed by atoms with Gasteiger partial charge in [-0.15, -0.1) is 0 Å². The number of nitro benzene ring substituents is 1. The van der Waals surface area contributed by atoms with Crippen LogP contribution in [0.5, 0.6) is 0 Å². The number of nitrogens with two attached hydrogens (primary N) is 1. The zero-order chi connectivity index (χ0) is 29.1. The highest BCUT2D eigenvalue weighted by Crippen LogP contribution is 2.18. The molecule has 1 atom stereocenters. The number of aromatic nitrogens is 1. The number of non-ortho nitro benzene ring substituents is 1. The van der Waals surface area contributed by atoms with Crippen LogP contribution in [-0.2, 0) is 38.0 Å². The third kappa shape index (κ3) is 9.73. The summed E-state index contributed by atoms with van der Waals surface area (Å²) in [4.78, 5) is 39.8. The van der Waals surface area contributed by atoms with Gasteiger partial charge in [0.05, 0.1) is 28.9 Å². The number of hydrogen-bond donors (Lipinski definition) is 2. The first-order valence-corrected chi connectivity index (χ1v) is 14.5. The Morgan fingerprint density at radius 3 is 2.15 bits per heavy atom. The van der Waals surface area contributed by atoms with Crippen LogP contribution in [0.25, 0.3) is 5.70 Å². The maximum Gasteiger partial charge on any atom is 0.269 e. The van der Waals surface area contributed by atoms with Gasteiger partial charge in [0.15, 0.2) is 15.6 Å². The predicted molar refractivity (Wildman–Crippen MR) is 153 cm³/mol. The number of carbonyl (C=O) groups excluding carboxylic acids is 2. The highest BCUT2D eigenvalue weighted by Gasteiger charge is 2.26. The second-order valence-corrected chi connectivity index (χ2v) is 11.7. The molecule has 0 fully saturated rings. The number of rotatable bonds is 15. The highest BCUT2D eigenvalue weighted by molar-refractivity contribution is 7.90. The number of hydrogen-bond acceptors (Lipinski definition) is 8. The summed E-state index contributed by atoms with van der Waals surface area (Å²) >= 11 is 0. The van der Waals surface area contributed by atoms with E-state index < -0.39 is 32.3 Å². The minimum absolute atomic E-state index is 0.140. The number of benzene rings is 2. The van der Waals surface area contributed by atoms with Crippen molar-refractivity contribution in [3.8, 4) is 0 Å². The van der Waals surface area contributed by atoms with Gasteiger partial charge >= 0.3 is 0 Å². The van der Waals surface area contributed by atoms with Crippen molar-refractivity contribution >= 4 is 32.9 Å². The lowest BCUT2D eigenvalue weighted by molar-refractivity contribution is -0.384. The molecule has 1 aromatic heterocycles. The average molecular weight is 565 g/mol. The fourth-order valence-corrected chi connectivity index (χ4v) is 5.85. The van der Waals surface area contributed by atoms with Crippen molar-refractivity contribution in [1.82, 2.24) is 10.3 Å². The number of pyridine rings is 1. The van der Waals surface area contributed by atoms with Crippen molar-refractivity contribution in [3.05, 3.63) is 112 Å². The van der Waals surface area contributed by atoms with Gasteiger partial charge in [-0.25, -0.2) is 8.42 Å². The zero-order valence-electron chi connectivity index (χ0n) is 22.0. The van der Waals surface area contributed by atoms with Crippen molar-refractivity contribution in [2.45, 2.75) is 31.4 Å². The van der Waals surface area contributed by atoms with Crippen LogP contribution < -0.4 is 11.1 Å². The predicted octanol–water partition coefficient (Wildman–Crippen LogP) is 3.40. The SMILES string of the molecule is C=C(N)c1ccc(CCC(=O)CNC(=O)C(CCc2ccncc2)CS(=O)(=O)Cc2ccc([N+](=O)[O-])cc2)cc1. The Hall–Kier alpha value is -4.38. The lowest BCUT2D eigenvalue weighted by atomic mass is 10.0. The number of nitro groups is 1. The first-order valence-electron chi connectivity index (χ1n) is 12.7. The molecule has 11 heteroatoms. The standard InChI is InChI=1S/C29H32N4O6S/c1-21(30)25-8-2-22(3-9-25)7-13-28(34)18-32-29(35)26(10-4-23-14-16-31-17-15-23)20-40(38,39)19-24-5-11-27(12-6-24)33(36)37/h2-3,5-6,8-9,11-12,14-17,26H,1,4,7,10,13,18-20,30H2,(H,32,35). The smallest absolute Gasteiger partial charge is 0.269 e. The quantitative estimate of drug-likeness (QED) is 0.210. The van der Waals surface area contributed by atoms with Crippen molar-refractivity contribution in [2.24, 2.45) is 11.7 Å². The molecule has 0 aliphatic carbocycles. The summed E-state index contributed by atoms with van der Waals surface area (Å²) < 4.78 is 26.0. The van der Waals surface area contributed by atoms with Crippen LogP contribution >= 0.6 is 0 Å². The number of sulfone groups is 1. The molecule has 0 saturated carbocycles. The minimum Gasteiger partial charge on any atom is -0.399 e. The largest absolute Gasteiger partial charge is 0.399 e. The summed E-state index contributed by atoms with van der Waals surface area (Å²) in [6.07, 6.45) is 4.64. The third-order valence-electron chi connectivity index (χ3n) is 6.37. The van der Waals surface area contributed by atoms with E-state index in [4.69, 9.17) is 5.73 Å². The van der Waals surface area contributed by atoms with E-state index in [1.54, 1.807) is 24.5 Å². The third-order valence-corrected chi connectivity index (χ3v) is 8.05. The molecular weight excluding hydrogens is 532 g/mol. The zero-order valence-corrected chi connectivity index (χ0v) is 22.8. The fraction of sp³-hybridized carbons (Fsp3) is 0.276. The van der Waals surface area contributed by atoms with E-state index in [0.717, 1.165) is 16.7 Å². The molecule has 1 heterocycles. The van der Waals surface area contributed by atoms with Crippen LogP contribution in [0.15, 0.2) is 79.6 Å². The first kappa shape index (κ1) is 30.2. The van der Waals surface area contributed by atoms with E-state index in [-0.39, 0.29) is 36.6 Å². The second kappa shape index (κ2) is 14.1. The molecule has 1 amide bonds. The molecule has 1 unspecified atom stereocenters. The molecule has 3 aromatic rings. The van der Waals surface area contributed by atoms with Crippen molar-refractivity contribution in [1.29, 1.82) is 0 Å². The number of carbonyl (C=O) groups is 2. The molecule has 0 radical (unpaired) electrons. The molecule has 0 bridgehead atoms. The molecule has 3 rings (SSSR count). The molecule has 3 N–H and O–H groups in total. The van der Waals surface area contributed by atoms with Gasteiger partial charge < -0.3 is 11.1 Å². The van der Waals surface area contributed by atoms with E-state index >= 15 is 0 Å². The maximum absolute atomic E-state index is 13.1. The topological polar surface area (TPSA) is 162 Å². The minimum atomic E-state index is -3.75. The molecule has 40 heavy (non-hydrogen) atoms. The van der Waals surface area contributed by atoms with Gasteiger partial charge in [0.2, 0.25) is 5.91 Å². The van der Waals surface area contributed by atoms with Crippen molar-refractivity contribution < 1.29 is 22.9 Å². The Balaban J connectivity index is 1.60. The lowest BCUT2D eigenvalue weighted by Crippen LogP contribution is -2.38. The van der Waals surface area contributed by atoms with Crippen LogP contribution in [0.4, 0.5) is 5.69 Å². The summed E-state index contributed by atoms with van der Waals surface area (Å²) in [5.41, 5.74) is 9.03. The molecule has 0 aliphatic heterocycles. The Bertz CT molecular complexity index is 1440. The molecule has 0 spiro atoms. The highest BCUT2D eigenvalue weighted by atomic mass is 32.2. The average Bonchev–Trinajstić information content (AvgIpc) is 2.93. The van der Waals surface area contributed by atoms with Gasteiger partial charge in [-0.3, -0.25) is 24.7 Å². The fourth-order valence-electron chi connectivity index (χ4n) is 4.10. The molecule has 10 nitrogen and oxygen atoms in total. The number of nitrogens with zero attached hydrogens (tertiary/aromatic N) is 2. The number of nitrogens with one attached hydrogen (secondary N) is 1. The normalized spacial score (nSPS) is 11.9. The molecule has 0 aliphatic rings. The van der Waals surface area contributed by atoms with Crippen LogP contribution in [0.2, 0.25) is 0 Å². The Morgan fingerprint density at radius 2 is 1.55 bits per heavy atom. The number of Topliss-reactive ketones (excluding diaryl/α,β-unsaturated/α-hetero) is 1. The van der Waals surface area contributed by atoms with Crippen LogP contribution in [0.1, 0.15) is 35.1 Å². The summed E-state index contributed by atoms with van der Waals surface area (Å²) in [5.74, 6) is -2.36. The lowest BCUT2D eigenvalue weighted by Gasteiger charge is -2.17. The number of amides is 1. The Labute approximate surface area is 233 Å². The van der Waals surface area contributed by atoms with Crippen molar-refractivity contribution in [3.63, 3.8) is 0 Å². The van der Waals surface area contributed by atoms with E-state index in [1.165, 1.54) is 24.3 Å². The number of ketones is 1. The molecule has 0 saturated heterocycles. The van der Waals surface area contributed by atoms with E-state index in [9.17, 15) is 28.1 Å².